The number of nitrogens with one attached hydrogen (secondary N) is 1. The van der Waals surface area contributed by atoms with E-state index in [9.17, 15) is 13.2 Å². The highest BCUT2D eigenvalue weighted by atomic mass is 32.2. The van der Waals surface area contributed by atoms with Crippen molar-refractivity contribution in [2.24, 2.45) is 0 Å². The van der Waals surface area contributed by atoms with Crippen molar-refractivity contribution < 1.29 is 13.2 Å². The van der Waals surface area contributed by atoms with Crippen molar-refractivity contribution in [3.8, 4) is 0 Å². The Morgan fingerprint density at radius 1 is 1.17 bits per heavy atom. The Labute approximate surface area is 135 Å². The fourth-order valence-electron chi connectivity index (χ4n) is 2.74. The predicted octanol–water partition coefficient (Wildman–Crippen LogP) is 2.14. The highest BCUT2D eigenvalue weighted by Gasteiger charge is 2.42. The van der Waals surface area contributed by atoms with Crippen LogP contribution < -0.4 is 9.62 Å². The number of pyridine rings is 1. The van der Waals surface area contributed by atoms with Gasteiger partial charge >= 0.3 is 0 Å². The molecule has 120 valence electrons. The minimum atomic E-state index is -3.76. The van der Waals surface area contributed by atoms with Crippen LogP contribution in [0.5, 0.6) is 0 Å². The van der Waals surface area contributed by atoms with E-state index >= 15 is 0 Å². The number of rotatable bonds is 3. The van der Waals surface area contributed by atoms with Crippen LogP contribution in [-0.4, -0.2) is 26.4 Å². The van der Waals surface area contributed by atoms with E-state index in [1.807, 2.05) is 0 Å². The van der Waals surface area contributed by atoms with E-state index in [2.05, 4.69) is 9.71 Å². The van der Waals surface area contributed by atoms with E-state index in [1.165, 1.54) is 12.3 Å². The molecule has 1 aliphatic heterocycles. The Hall–Kier alpha value is -2.41. The fraction of sp³-hybridized carbons (Fsp3) is 0.250. The van der Waals surface area contributed by atoms with Gasteiger partial charge in [0.25, 0.3) is 10.0 Å². The normalized spacial score (nSPS) is 16.3. The molecule has 0 aliphatic carbocycles. The van der Waals surface area contributed by atoms with Crippen LogP contribution >= 0.6 is 0 Å². The highest BCUT2D eigenvalue weighted by Crippen LogP contribution is 2.41. The Morgan fingerprint density at radius 2 is 1.91 bits per heavy atom. The van der Waals surface area contributed by atoms with Gasteiger partial charge in [0.15, 0.2) is 0 Å². The van der Waals surface area contributed by atoms with Crippen LogP contribution in [0.4, 0.5) is 11.5 Å². The molecule has 7 heteroatoms. The van der Waals surface area contributed by atoms with Gasteiger partial charge in [-0.1, -0.05) is 6.07 Å². The average molecular weight is 331 g/mol. The number of likely N-dealkylation sites (N-methyl/N-ethyl adjacent to an activating group) is 1. The topological polar surface area (TPSA) is 79.4 Å². The summed E-state index contributed by atoms with van der Waals surface area (Å²) in [6.45, 7) is 3.58. The Kier molecular flexibility index (Phi) is 3.40. The summed E-state index contributed by atoms with van der Waals surface area (Å²) in [4.78, 5) is 17.9. The van der Waals surface area contributed by atoms with Crippen LogP contribution in [0.3, 0.4) is 0 Å². The Morgan fingerprint density at radius 3 is 2.57 bits per heavy atom. The van der Waals surface area contributed by atoms with E-state index in [0.717, 1.165) is 5.69 Å². The molecule has 6 nitrogen and oxygen atoms in total. The molecule has 0 unspecified atom stereocenters. The summed E-state index contributed by atoms with van der Waals surface area (Å²) in [6.07, 6.45) is 1.51. The summed E-state index contributed by atoms with van der Waals surface area (Å²) in [5.74, 6) is 0.195. The van der Waals surface area contributed by atoms with Crippen molar-refractivity contribution in [3.63, 3.8) is 0 Å². The number of amides is 1. The quantitative estimate of drug-likeness (QED) is 0.934. The number of carbonyl (C=O) groups excluding carboxylic acids is 1. The second-order valence-corrected chi connectivity index (χ2v) is 7.67. The molecule has 1 aliphatic rings. The minimum absolute atomic E-state index is 0.0558. The molecule has 0 saturated carbocycles. The van der Waals surface area contributed by atoms with Crippen molar-refractivity contribution in [2.75, 3.05) is 16.7 Å². The first-order chi connectivity index (χ1) is 10.7. The number of hydrogen-bond acceptors (Lipinski definition) is 4. The molecule has 0 spiro atoms. The molecule has 1 N–H and O–H groups in total. The molecule has 2 aromatic rings. The first-order valence-electron chi connectivity index (χ1n) is 7.10. The van der Waals surface area contributed by atoms with Gasteiger partial charge in [0.05, 0.1) is 10.3 Å². The van der Waals surface area contributed by atoms with Gasteiger partial charge in [-0.3, -0.25) is 9.52 Å². The maximum atomic E-state index is 12.5. The van der Waals surface area contributed by atoms with Gasteiger partial charge in [-0.05, 0) is 49.7 Å². The highest BCUT2D eigenvalue weighted by molar-refractivity contribution is 7.92. The third kappa shape index (κ3) is 2.46. The lowest BCUT2D eigenvalue weighted by molar-refractivity contribution is -0.121. The molecule has 23 heavy (non-hydrogen) atoms. The van der Waals surface area contributed by atoms with Gasteiger partial charge in [-0.15, -0.1) is 0 Å². The van der Waals surface area contributed by atoms with Crippen LogP contribution in [0.25, 0.3) is 0 Å². The van der Waals surface area contributed by atoms with E-state index in [0.29, 0.717) is 5.56 Å². The average Bonchev–Trinajstić information content (AvgIpc) is 2.69. The third-order valence-corrected chi connectivity index (χ3v) is 5.41. The summed E-state index contributed by atoms with van der Waals surface area (Å²) < 4.78 is 27.5. The first kappa shape index (κ1) is 15.5. The van der Waals surface area contributed by atoms with Crippen LogP contribution in [-0.2, 0) is 20.2 Å². The van der Waals surface area contributed by atoms with E-state index in [1.54, 1.807) is 56.1 Å². The van der Waals surface area contributed by atoms with Crippen molar-refractivity contribution in [2.45, 2.75) is 24.2 Å². The van der Waals surface area contributed by atoms with E-state index in [4.69, 9.17) is 0 Å². The molecule has 1 aromatic carbocycles. The maximum Gasteiger partial charge on any atom is 0.263 e. The van der Waals surface area contributed by atoms with Gasteiger partial charge in [0, 0.05) is 18.9 Å². The summed E-state index contributed by atoms with van der Waals surface area (Å²) in [5, 5.41) is 0. The molecular formula is C16H17N3O3S. The molecule has 0 saturated heterocycles. The number of nitrogens with zero attached hydrogens (tertiary/aromatic N) is 2. The molecule has 0 radical (unpaired) electrons. The number of sulfonamides is 1. The minimum Gasteiger partial charge on any atom is -0.314 e. The lowest BCUT2D eigenvalue weighted by Gasteiger charge is -2.16. The molecule has 0 atom stereocenters. The van der Waals surface area contributed by atoms with E-state index < -0.39 is 15.4 Å². The molecule has 2 heterocycles. The standard InChI is InChI=1S/C16H17N3O3S/c1-16(2)12-10-11(7-8-13(12)19(3)15(16)20)23(21,22)18-14-6-4-5-9-17-14/h4-10H,1-3H3,(H,17,18). The number of aromatic nitrogens is 1. The fourth-order valence-corrected chi connectivity index (χ4v) is 3.77. The van der Waals surface area contributed by atoms with Crippen LogP contribution in [0.1, 0.15) is 19.4 Å². The van der Waals surface area contributed by atoms with Gasteiger partial charge in [-0.2, -0.15) is 0 Å². The number of carbonyl (C=O) groups is 1. The van der Waals surface area contributed by atoms with Crippen molar-refractivity contribution in [3.05, 3.63) is 48.2 Å². The second kappa shape index (κ2) is 5.06. The zero-order valence-electron chi connectivity index (χ0n) is 13.1. The number of benzene rings is 1. The first-order valence-corrected chi connectivity index (χ1v) is 8.58. The maximum absolute atomic E-state index is 12.5. The molecular weight excluding hydrogens is 314 g/mol. The van der Waals surface area contributed by atoms with Gasteiger partial charge in [0.1, 0.15) is 5.82 Å². The van der Waals surface area contributed by atoms with Gasteiger partial charge in [0.2, 0.25) is 5.91 Å². The Balaban J connectivity index is 2.03. The summed E-state index contributed by atoms with van der Waals surface area (Å²) in [5.41, 5.74) is 0.686. The number of anilines is 2. The van der Waals surface area contributed by atoms with Crippen LogP contribution in [0.2, 0.25) is 0 Å². The van der Waals surface area contributed by atoms with E-state index in [-0.39, 0.29) is 16.6 Å². The number of hydrogen-bond donors (Lipinski definition) is 1. The smallest absolute Gasteiger partial charge is 0.263 e. The molecule has 1 aromatic heterocycles. The molecule has 3 rings (SSSR count). The third-order valence-electron chi connectivity index (χ3n) is 4.06. The monoisotopic (exact) mass is 331 g/mol. The van der Waals surface area contributed by atoms with Crippen LogP contribution in [0.15, 0.2) is 47.5 Å². The SMILES string of the molecule is CN1C(=O)C(C)(C)c2cc(S(=O)(=O)Nc3ccccn3)ccc21. The molecule has 1 amide bonds. The zero-order valence-corrected chi connectivity index (χ0v) is 13.9. The Bertz CT molecular complexity index is 877. The lowest BCUT2D eigenvalue weighted by Crippen LogP contribution is -2.33. The molecule has 0 fully saturated rings. The predicted molar refractivity (Wildman–Crippen MR) is 87.9 cm³/mol. The zero-order chi connectivity index (χ0) is 16.8. The van der Waals surface area contributed by atoms with Gasteiger partial charge in [-0.25, -0.2) is 13.4 Å². The summed E-state index contributed by atoms with van der Waals surface area (Å²) in [7, 11) is -2.07. The van der Waals surface area contributed by atoms with Gasteiger partial charge < -0.3 is 4.90 Å². The summed E-state index contributed by atoms with van der Waals surface area (Å²) >= 11 is 0. The summed E-state index contributed by atoms with van der Waals surface area (Å²) in [6, 6.07) is 9.69. The lowest BCUT2D eigenvalue weighted by atomic mass is 9.86. The largest absolute Gasteiger partial charge is 0.314 e. The number of fused-ring (bicyclic) bond motifs is 1. The van der Waals surface area contributed by atoms with Crippen molar-refractivity contribution >= 4 is 27.4 Å². The van der Waals surface area contributed by atoms with Crippen LogP contribution in [0, 0.1) is 0 Å². The molecule has 0 bridgehead atoms. The van der Waals surface area contributed by atoms with Crippen molar-refractivity contribution in [1.82, 2.24) is 4.98 Å². The second-order valence-electron chi connectivity index (χ2n) is 5.99. The van der Waals surface area contributed by atoms with Crippen molar-refractivity contribution in [1.29, 1.82) is 0 Å².